The number of anilines is 2. The van der Waals surface area contributed by atoms with Crippen molar-refractivity contribution in [2.75, 3.05) is 36.9 Å². The van der Waals surface area contributed by atoms with E-state index in [-0.39, 0.29) is 0 Å². The van der Waals surface area contributed by atoms with Gasteiger partial charge in [0.1, 0.15) is 0 Å². The Morgan fingerprint density at radius 3 is 2.56 bits per heavy atom. The standard InChI is InChI=1S/C11H14Cl2N2O/c1-7-10(13)8(12)6-9(14)11(7)15-2-4-16-5-3-15/h6H,2-5,14H2,1H3. The maximum Gasteiger partial charge on any atom is 0.0647 e. The maximum absolute atomic E-state index is 6.13. The predicted octanol–water partition coefficient (Wildman–Crippen LogP) is 2.72. The summed E-state index contributed by atoms with van der Waals surface area (Å²) in [6.07, 6.45) is 0. The Kier molecular flexibility index (Phi) is 3.47. The van der Waals surface area contributed by atoms with Gasteiger partial charge in [0.25, 0.3) is 0 Å². The van der Waals surface area contributed by atoms with Crippen LogP contribution in [0.5, 0.6) is 0 Å². The number of nitrogens with zero attached hydrogens (tertiary/aromatic N) is 1. The maximum atomic E-state index is 6.13. The second kappa shape index (κ2) is 4.70. The predicted molar refractivity (Wildman–Crippen MR) is 68.6 cm³/mol. The van der Waals surface area contributed by atoms with E-state index in [9.17, 15) is 0 Å². The van der Waals surface area contributed by atoms with Crippen LogP contribution in [0, 0.1) is 6.92 Å². The third-order valence-corrected chi connectivity index (χ3v) is 3.66. The van der Waals surface area contributed by atoms with Gasteiger partial charge in [0.2, 0.25) is 0 Å². The van der Waals surface area contributed by atoms with Crippen LogP contribution in [-0.4, -0.2) is 26.3 Å². The summed E-state index contributed by atoms with van der Waals surface area (Å²) in [5, 5.41) is 1.09. The number of nitrogens with two attached hydrogens (primary N) is 1. The van der Waals surface area contributed by atoms with Gasteiger partial charge in [-0.15, -0.1) is 0 Å². The molecule has 1 aromatic carbocycles. The van der Waals surface area contributed by atoms with E-state index < -0.39 is 0 Å². The van der Waals surface area contributed by atoms with E-state index >= 15 is 0 Å². The van der Waals surface area contributed by atoms with E-state index in [1.807, 2.05) is 6.92 Å². The summed E-state index contributed by atoms with van der Waals surface area (Å²) >= 11 is 12.1. The minimum atomic E-state index is 0.508. The van der Waals surface area contributed by atoms with Crippen molar-refractivity contribution in [3.8, 4) is 0 Å². The lowest BCUT2D eigenvalue weighted by atomic mass is 10.1. The first-order chi connectivity index (χ1) is 7.61. The first kappa shape index (κ1) is 11.8. The average molecular weight is 261 g/mol. The lowest BCUT2D eigenvalue weighted by Crippen LogP contribution is -2.37. The normalized spacial score (nSPS) is 16.6. The van der Waals surface area contributed by atoms with Gasteiger partial charge in [0, 0.05) is 13.1 Å². The van der Waals surface area contributed by atoms with E-state index in [0.717, 1.165) is 37.6 Å². The minimum Gasteiger partial charge on any atom is -0.397 e. The number of hydrogen-bond donors (Lipinski definition) is 1. The van der Waals surface area contributed by atoms with Crippen molar-refractivity contribution in [1.29, 1.82) is 0 Å². The monoisotopic (exact) mass is 260 g/mol. The number of halogens is 2. The molecule has 5 heteroatoms. The van der Waals surface area contributed by atoms with Crippen LogP contribution in [-0.2, 0) is 4.74 Å². The van der Waals surface area contributed by atoms with Crippen LogP contribution < -0.4 is 10.6 Å². The van der Waals surface area contributed by atoms with Gasteiger partial charge in [-0.1, -0.05) is 23.2 Å². The summed E-state index contributed by atoms with van der Waals surface area (Å²) in [5.74, 6) is 0. The van der Waals surface area contributed by atoms with E-state index in [1.165, 1.54) is 0 Å². The fourth-order valence-electron chi connectivity index (χ4n) is 1.97. The van der Waals surface area contributed by atoms with Crippen LogP contribution >= 0.6 is 23.2 Å². The largest absolute Gasteiger partial charge is 0.397 e. The molecule has 0 atom stereocenters. The lowest BCUT2D eigenvalue weighted by molar-refractivity contribution is 0.122. The van der Waals surface area contributed by atoms with Gasteiger partial charge < -0.3 is 15.4 Å². The molecule has 1 aromatic rings. The van der Waals surface area contributed by atoms with Crippen LogP contribution in [0.3, 0.4) is 0 Å². The number of hydrogen-bond acceptors (Lipinski definition) is 3. The molecule has 0 radical (unpaired) electrons. The summed E-state index contributed by atoms with van der Waals surface area (Å²) in [5.41, 5.74) is 8.59. The fraction of sp³-hybridized carbons (Fsp3) is 0.455. The van der Waals surface area contributed by atoms with E-state index in [2.05, 4.69) is 4.90 Å². The molecule has 0 amide bonds. The quantitative estimate of drug-likeness (QED) is 0.790. The van der Waals surface area contributed by atoms with Gasteiger partial charge in [-0.3, -0.25) is 0 Å². The smallest absolute Gasteiger partial charge is 0.0647 e. The molecule has 1 aliphatic heterocycles. The number of benzene rings is 1. The molecule has 1 heterocycles. The van der Waals surface area contributed by atoms with Crippen molar-refractivity contribution in [2.24, 2.45) is 0 Å². The molecule has 88 valence electrons. The SMILES string of the molecule is Cc1c(Cl)c(Cl)cc(N)c1N1CCOCC1. The highest BCUT2D eigenvalue weighted by atomic mass is 35.5. The van der Waals surface area contributed by atoms with Gasteiger partial charge in [0.05, 0.1) is 34.6 Å². The number of morpholine rings is 1. The molecule has 0 unspecified atom stereocenters. The fourth-order valence-corrected chi connectivity index (χ4v) is 2.38. The van der Waals surface area contributed by atoms with Crippen LogP contribution in [0.1, 0.15) is 5.56 Å². The van der Waals surface area contributed by atoms with Crippen molar-refractivity contribution in [3.05, 3.63) is 21.7 Å². The third-order valence-electron chi connectivity index (χ3n) is 2.78. The van der Waals surface area contributed by atoms with Gasteiger partial charge in [-0.2, -0.15) is 0 Å². The first-order valence-corrected chi connectivity index (χ1v) is 5.93. The van der Waals surface area contributed by atoms with Crippen molar-refractivity contribution in [3.63, 3.8) is 0 Å². The Hall–Kier alpha value is -0.640. The van der Waals surface area contributed by atoms with Crippen LogP contribution in [0.2, 0.25) is 10.0 Å². The Balaban J connectivity index is 2.42. The second-order valence-corrected chi connectivity index (χ2v) is 4.62. The van der Waals surface area contributed by atoms with E-state index in [1.54, 1.807) is 6.07 Å². The summed E-state index contributed by atoms with van der Waals surface area (Å²) < 4.78 is 5.31. The molecular formula is C11H14Cl2N2O. The molecule has 0 aliphatic carbocycles. The zero-order valence-electron chi connectivity index (χ0n) is 9.09. The van der Waals surface area contributed by atoms with Gasteiger partial charge in [-0.05, 0) is 18.6 Å². The molecular weight excluding hydrogens is 247 g/mol. The Morgan fingerprint density at radius 2 is 1.94 bits per heavy atom. The number of ether oxygens (including phenoxy) is 1. The molecule has 0 spiro atoms. The molecule has 1 saturated heterocycles. The van der Waals surface area contributed by atoms with Crippen LogP contribution in [0.15, 0.2) is 6.07 Å². The molecule has 2 rings (SSSR count). The molecule has 3 nitrogen and oxygen atoms in total. The zero-order chi connectivity index (χ0) is 11.7. The average Bonchev–Trinajstić information content (AvgIpc) is 2.28. The first-order valence-electron chi connectivity index (χ1n) is 5.18. The van der Waals surface area contributed by atoms with Crippen LogP contribution in [0.25, 0.3) is 0 Å². The molecule has 16 heavy (non-hydrogen) atoms. The summed E-state index contributed by atoms with van der Waals surface area (Å²) in [6.45, 7) is 5.06. The summed E-state index contributed by atoms with van der Waals surface area (Å²) in [6, 6.07) is 1.71. The molecule has 1 aliphatic rings. The minimum absolute atomic E-state index is 0.508. The Morgan fingerprint density at radius 1 is 1.31 bits per heavy atom. The van der Waals surface area contributed by atoms with E-state index in [4.69, 9.17) is 33.7 Å². The van der Waals surface area contributed by atoms with Crippen molar-refractivity contribution >= 4 is 34.6 Å². The molecule has 2 N–H and O–H groups in total. The van der Waals surface area contributed by atoms with Gasteiger partial charge in [-0.25, -0.2) is 0 Å². The highest BCUT2D eigenvalue weighted by Crippen LogP contribution is 2.38. The molecule has 0 saturated carbocycles. The van der Waals surface area contributed by atoms with Crippen LogP contribution in [0.4, 0.5) is 11.4 Å². The lowest BCUT2D eigenvalue weighted by Gasteiger charge is -2.31. The zero-order valence-corrected chi connectivity index (χ0v) is 10.6. The summed E-state index contributed by atoms with van der Waals surface area (Å²) in [7, 11) is 0. The number of rotatable bonds is 1. The highest BCUT2D eigenvalue weighted by Gasteiger charge is 2.19. The highest BCUT2D eigenvalue weighted by molar-refractivity contribution is 6.43. The molecule has 0 bridgehead atoms. The van der Waals surface area contributed by atoms with Crippen molar-refractivity contribution < 1.29 is 4.74 Å². The third kappa shape index (κ3) is 2.08. The summed E-state index contributed by atoms with van der Waals surface area (Å²) in [4.78, 5) is 2.19. The van der Waals surface area contributed by atoms with Gasteiger partial charge >= 0.3 is 0 Å². The Bertz CT molecular complexity index is 403. The van der Waals surface area contributed by atoms with Crippen molar-refractivity contribution in [2.45, 2.75) is 6.92 Å². The van der Waals surface area contributed by atoms with Gasteiger partial charge in [0.15, 0.2) is 0 Å². The topological polar surface area (TPSA) is 38.5 Å². The second-order valence-electron chi connectivity index (χ2n) is 3.83. The number of nitrogen functional groups attached to an aromatic ring is 1. The molecule has 1 fully saturated rings. The Labute approximate surface area is 105 Å². The van der Waals surface area contributed by atoms with Crippen molar-refractivity contribution in [1.82, 2.24) is 0 Å². The van der Waals surface area contributed by atoms with E-state index in [0.29, 0.717) is 15.7 Å². The molecule has 0 aromatic heterocycles.